The van der Waals surface area contributed by atoms with E-state index in [-0.39, 0.29) is 17.7 Å². The monoisotopic (exact) mass is 454 g/mol. The number of carbonyl (C=O) groups is 2. The standard InChI is InChI=1S/C26H34N2O5/c1-19(29)21-9-10-24(25(17-21)32-3)33-15-5-8-26(30)27-22-11-13-28(14-12-22)18-20-6-4-7-23(16-20)31-2/h4,6-7,9-10,16-17,22H,5,8,11-15,18H2,1-3H3,(H,27,30). The molecule has 2 aromatic carbocycles. The van der Waals surface area contributed by atoms with Crippen LogP contribution >= 0.6 is 0 Å². The lowest BCUT2D eigenvalue weighted by Gasteiger charge is -2.32. The third-order valence-corrected chi connectivity index (χ3v) is 5.87. The highest BCUT2D eigenvalue weighted by atomic mass is 16.5. The molecule has 1 heterocycles. The number of ether oxygens (including phenoxy) is 3. The number of nitrogens with one attached hydrogen (secondary N) is 1. The fourth-order valence-corrected chi connectivity index (χ4v) is 3.98. The number of ketones is 1. The first-order valence-corrected chi connectivity index (χ1v) is 11.4. The van der Waals surface area contributed by atoms with Crippen molar-refractivity contribution in [1.82, 2.24) is 10.2 Å². The Morgan fingerprint density at radius 3 is 2.52 bits per heavy atom. The molecule has 0 bridgehead atoms. The first kappa shape index (κ1) is 24.6. The average molecular weight is 455 g/mol. The lowest BCUT2D eigenvalue weighted by atomic mass is 10.0. The summed E-state index contributed by atoms with van der Waals surface area (Å²) in [5.41, 5.74) is 1.82. The summed E-state index contributed by atoms with van der Waals surface area (Å²) in [7, 11) is 3.23. The number of nitrogens with zero attached hydrogens (tertiary/aromatic N) is 1. The number of rotatable bonds is 11. The maximum Gasteiger partial charge on any atom is 0.220 e. The summed E-state index contributed by atoms with van der Waals surface area (Å²) < 4.78 is 16.4. The molecule has 0 aliphatic carbocycles. The van der Waals surface area contributed by atoms with E-state index in [4.69, 9.17) is 14.2 Å². The van der Waals surface area contributed by atoms with E-state index in [0.29, 0.717) is 36.5 Å². The predicted molar refractivity (Wildman–Crippen MR) is 127 cm³/mol. The zero-order valence-corrected chi connectivity index (χ0v) is 19.8. The van der Waals surface area contributed by atoms with E-state index in [2.05, 4.69) is 22.3 Å². The molecule has 0 radical (unpaired) electrons. The lowest BCUT2D eigenvalue weighted by molar-refractivity contribution is -0.122. The van der Waals surface area contributed by atoms with Gasteiger partial charge in [0.2, 0.25) is 5.91 Å². The molecule has 7 nitrogen and oxygen atoms in total. The van der Waals surface area contributed by atoms with Gasteiger partial charge in [-0.15, -0.1) is 0 Å². The van der Waals surface area contributed by atoms with Gasteiger partial charge in [0.1, 0.15) is 5.75 Å². The Bertz CT molecular complexity index is 938. The molecule has 1 saturated heterocycles. The van der Waals surface area contributed by atoms with Gasteiger partial charge >= 0.3 is 0 Å². The minimum Gasteiger partial charge on any atom is -0.497 e. The van der Waals surface area contributed by atoms with Crippen molar-refractivity contribution in [2.45, 2.75) is 45.2 Å². The van der Waals surface area contributed by atoms with Crippen molar-refractivity contribution in [2.75, 3.05) is 33.9 Å². The van der Waals surface area contributed by atoms with Gasteiger partial charge in [-0.3, -0.25) is 14.5 Å². The molecular formula is C26H34N2O5. The van der Waals surface area contributed by atoms with Gasteiger partial charge in [-0.1, -0.05) is 12.1 Å². The van der Waals surface area contributed by atoms with Crippen LogP contribution in [0.5, 0.6) is 17.2 Å². The van der Waals surface area contributed by atoms with Crippen molar-refractivity contribution >= 4 is 11.7 Å². The number of hydrogen-bond acceptors (Lipinski definition) is 6. The van der Waals surface area contributed by atoms with Crippen molar-refractivity contribution in [2.24, 2.45) is 0 Å². The fourth-order valence-electron chi connectivity index (χ4n) is 3.98. The molecule has 178 valence electrons. The summed E-state index contributed by atoms with van der Waals surface area (Å²) in [4.78, 5) is 26.3. The molecule has 2 aromatic rings. The molecule has 1 aliphatic heterocycles. The van der Waals surface area contributed by atoms with Gasteiger partial charge in [0.05, 0.1) is 20.8 Å². The minimum atomic E-state index is -0.0253. The molecule has 7 heteroatoms. The van der Waals surface area contributed by atoms with Crippen LogP contribution in [-0.2, 0) is 11.3 Å². The van der Waals surface area contributed by atoms with Crippen molar-refractivity contribution in [3.05, 3.63) is 53.6 Å². The topological polar surface area (TPSA) is 77.1 Å². The number of benzene rings is 2. The third-order valence-electron chi connectivity index (χ3n) is 5.87. The molecule has 33 heavy (non-hydrogen) atoms. The Balaban J connectivity index is 1.34. The van der Waals surface area contributed by atoms with Crippen LogP contribution in [0.25, 0.3) is 0 Å². The Morgan fingerprint density at radius 1 is 1.03 bits per heavy atom. The second kappa shape index (κ2) is 12.3. The number of carbonyl (C=O) groups excluding carboxylic acids is 2. The summed E-state index contributed by atoms with van der Waals surface area (Å²) in [6, 6.07) is 13.5. The van der Waals surface area contributed by atoms with E-state index in [1.807, 2.05) is 12.1 Å². The Labute approximate surface area is 196 Å². The number of amides is 1. The molecule has 1 aliphatic rings. The largest absolute Gasteiger partial charge is 0.497 e. The van der Waals surface area contributed by atoms with E-state index in [0.717, 1.165) is 38.2 Å². The van der Waals surface area contributed by atoms with Gasteiger partial charge in [0.25, 0.3) is 0 Å². The van der Waals surface area contributed by atoms with Crippen LogP contribution in [0.3, 0.4) is 0 Å². The highest BCUT2D eigenvalue weighted by Crippen LogP contribution is 2.28. The molecule has 0 spiro atoms. The van der Waals surface area contributed by atoms with Crippen LogP contribution in [0.4, 0.5) is 0 Å². The van der Waals surface area contributed by atoms with Crippen LogP contribution in [0.2, 0.25) is 0 Å². The van der Waals surface area contributed by atoms with Gasteiger partial charge < -0.3 is 19.5 Å². The molecular weight excluding hydrogens is 420 g/mol. The summed E-state index contributed by atoms with van der Waals surface area (Å²) in [5.74, 6) is 2.01. The predicted octanol–water partition coefficient (Wildman–Crippen LogP) is 3.85. The van der Waals surface area contributed by atoms with E-state index in [1.165, 1.54) is 12.5 Å². The molecule has 0 atom stereocenters. The minimum absolute atomic E-state index is 0.0253. The molecule has 1 amide bonds. The van der Waals surface area contributed by atoms with Gasteiger partial charge in [-0.25, -0.2) is 0 Å². The molecule has 1 N–H and O–H groups in total. The molecule has 0 aromatic heterocycles. The van der Waals surface area contributed by atoms with Crippen LogP contribution in [0.1, 0.15) is 48.5 Å². The quantitative estimate of drug-likeness (QED) is 0.411. The number of methoxy groups -OCH3 is 2. The van der Waals surface area contributed by atoms with Gasteiger partial charge in [0, 0.05) is 37.7 Å². The Morgan fingerprint density at radius 2 is 1.82 bits per heavy atom. The molecule has 0 saturated carbocycles. The zero-order valence-electron chi connectivity index (χ0n) is 19.8. The van der Waals surface area contributed by atoms with E-state index in [1.54, 1.807) is 32.4 Å². The van der Waals surface area contributed by atoms with Gasteiger partial charge in [0.15, 0.2) is 17.3 Å². The van der Waals surface area contributed by atoms with Crippen LogP contribution in [0, 0.1) is 0 Å². The van der Waals surface area contributed by atoms with Crippen molar-refractivity contribution in [3.8, 4) is 17.2 Å². The van der Waals surface area contributed by atoms with Crippen LogP contribution in [0.15, 0.2) is 42.5 Å². The van der Waals surface area contributed by atoms with E-state index >= 15 is 0 Å². The maximum absolute atomic E-state index is 12.4. The Hall–Kier alpha value is -3.06. The normalized spacial score (nSPS) is 14.5. The molecule has 0 unspecified atom stereocenters. The first-order valence-electron chi connectivity index (χ1n) is 11.4. The average Bonchev–Trinajstić information content (AvgIpc) is 2.83. The summed E-state index contributed by atoms with van der Waals surface area (Å²) in [5, 5.41) is 3.16. The number of Topliss-reactive ketones (excluding diaryl/α,β-unsaturated/α-hetero) is 1. The first-order chi connectivity index (χ1) is 16.0. The highest BCUT2D eigenvalue weighted by molar-refractivity contribution is 5.94. The Kier molecular flexibility index (Phi) is 9.13. The SMILES string of the molecule is COc1cccc(CN2CCC(NC(=O)CCCOc3ccc(C(C)=O)cc3OC)CC2)c1. The number of hydrogen-bond donors (Lipinski definition) is 1. The fraction of sp³-hybridized carbons (Fsp3) is 0.462. The van der Waals surface area contributed by atoms with Gasteiger partial charge in [-0.2, -0.15) is 0 Å². The lowest BCUT2D eigenvalue weighted by Crippen LogP contribution is -2.44. The maximum atomic E-state index is 12.4. The summed E-state index contributed by atoms with van der Waals surface area (Å²) in [6.45, 7) is 4.73. The number of piperidine rings is 1. The van der Waals surface area contributed by atoms with Crippen molar-refractivity contribution in [3.63, 3.8) is 0 Å². The van der Waals surface area contributed by atoms with Crippen molar-refractivity contribution in [1.29, 1.82) is 0 Å². The summed E-state index contributed by atoms with van der Waals surface area (Å²) >= 11 is 0. The third kappa shape index (κ3) is 7.49. The summed E-state index contributed by atoms with van der Waals surface area (Å²) in [6.07, 6.45) is 2.92. The molecule has 1 fully saturated rings. The number of likely N-dealkylation sites (tertiary alicyclic amines) is 1. The van der Waals surface area contributed by atoms with Crippen LogP contribution in [-0.4, -0.2) is 56.5 Å². The van der Waals surface area contributed by atoms with Gasteiger partial charge in [-0.05, 0) is 62.1 Å². The second-order valence-electron chi connectivity index (χ2n) is 8.34. The zero-order chi connectivity index (χ0) is 23.6. The van der Waals surface area contributed by atoms with Crippen molar-refractivity contribution < 1.29 is 23.8 Å². The van der Waals surface area contributed by atoms with E-state index in [9.17, 15) is 9.59 Å². The van der Waals surface area contributed by atoms with Crippen LogP contribution < -0.4 is 19.5 Å². The highest BCUT2D eigenvalue weighted by Gasteiger charge is 2.20. The smallest absolute Gasteiger partial charge is 0.220 e. The second-order valence-corrected chi connectivity index (χ2v) is 8.34. The molecule has 3 rings (SSSR count). The van der Waals surface area contributed by atoms with E-state index < -0.39 is 0 Å².